The van der Waals surface area contributed by atoms with Crippen molar-refractivity contribution in [1.82, 2.24) is 5.32 Å². The first kappa shape index (κ1) is 15.1. The molecule has 0 bridgehead atoms. The summed E-state index contributed by atoms with van der Waals surface area (Å²) in [5.41, 5.74) is 0.952. The molecule has 112 valence electrons. The molecule has 2 rings (SSSR count). The van der Waals surface area contributed by atoms with Gasteiger partial charge in [-0.15, -0.1) is 0 Å². The number of alkyl carbamates (subject to hydrolysis) is 1. The monoisotopic (exact) mass is 291 g/mol. The first-order valence-corrected chi connectivity index (χ1v) is 6.58. The highest BCUT2D eigenvalue weighted by molar-refractivity contribution is 5.75. The number of carbonyl (C=O) groups is 2. The van der Waals surface area contributed by atoms with Crippen LogP contribution < -0.4 is 5.32 Å². The summed E-state index contributed by atoms with van der Waals surface area (Å²) >= 11 is 0. The Hall–Kier alpha value is -2.34. The van der Waals surface area contributed by atoms with E-state index in [1.54, 1.807) is 0 Å². The lowest BCUT2D eigenvalue weighted by atomic mass is 10.2. The van der Waals surface area contributed by atoms with Gasteiger partial charge >= 0.3 is 12.1 Å². The smallest absolute Gasteiger partial charge is 0.407 e. The average molecular weight is 291 g/mol. The molecule has 6 nitrogen and oxygen atoms in total. The number of hydrogen-bond donors (Lipinski definition) is 1. The Labute approximate surface area is 122 Å². The fourth-order valence-corrected chi connectivity index (χ4v) is 1.89. The first-order chi connectivity index (χ1) is 10.2. The van der Waals surface area contributed by atoms with E-state index in [0.29, 0.717) is 6.61 Å². The second-order valence-corrected chi connectivity index (χ2v) is 4.50. The van der Waals surface area contributed by atoms with Crippen LogP contribution in [0.2, 0.25) is 0 Å². The van der Waals surface area contributed by atoms with Crippen molar-refractivity contribution in [1.29, 1.82) is 0 Å². The summed E-state index contributed by atoms with van der Waals surface area (Å²) in [5.74, 6) is -0.415. The maximum Gasteiger partial charge on any atom is 0.407 e. The van der Waals surface area contributed by atoms with E-state index in [1.807, 2.05) is 30.3 Å². The normalized spacial score (nSPS) is 20.7. The van der Waals surface area contributed by atoms with Gasteiger partial charge in [0.1, 0.15) is 12.6 Å². The lowest BCUT2D eigenvalue weighted by Gasteiger charge is -2.18. The third-order valence-corrected chi connectivity index (χ3v) is 2.86. The molecule has 2 unspecified atom stereocenters. The number of carbonyl (C=O) groups excluding carboxylic acids is 2. The van der Waals surface area contributed by atoms with Gasteiger partial charge in [-0.25, -0.2) is 4.79 Å². The zero-order valence-electron chi connectivity index (χ0n) is 11.5. The number of esters is 1. The van der Waals surface area contributed by atoms with Gasteiger partial charge in [-0.1, -0.05) is 43.0 Å². The lowest BCUT2D eigenvalue weighted by Crippen LogP contribution is -2.41. The molecule has 0 aromatic heterocycles. The van der Waals surface area contributed by atoms with Gasteiger partial charge in [0.15, 0.2) is 0 Å². The standard InChI is InChI=1S/C15H17NO5/c1-2-8-19-15(18)16-12-9-13(17)21-14(12)20-10-11-6-4-3-5-7-11/h2-7,12,14H,1,8-10H2,(H,16,18). The number of hydrogen-bond acceptors (Lipinski definition) is 5. The second kappa shape index (κ2) is 7.44. The predicted octanol–water partition coefficient (Wildman–Crippen LogP) is 1.76. The van der Waals surface area contributed by atoms with Crippen LogP contribution in [0, 0.1) is 0 Å². The summed E-state index contributed by atoms with van der Waals surface area (Å²) in [7, 11) is 0. The molecular formula is C15H17NO5. The molecule has 1 fully saturated rings. The Bertz CT molecular complexity index is 502. The molecule has 1 saturated heterocycles. The Morgan fingerprint density at radius 2 is 2.19 bits per heavy atom. The van der Waals surface area contributed by atoms with Crippen LogP contribution in [0.3, 0.4) is 0 Å². The molecule has 1 aromatic rings. The maximum atomic E-state index is 11.5. The Morgan fingerprint density at radius 1 is 1.43 bits per heavy atom. The molecule has 0 spiro atoms. The van der Waals surface area contributed by atoms with E-state index in [2.05, 4.69) is 11.9 Å². The molecule has 1 N–H and O–H groups in total. The molecule has 0 aliphatic carbocycles. The third kappa shape index (κ3) is 4.61. The van der Waals surface area contributed by atoms with Crippen LogP contribution in [-0.2, 0) is 25.6 Å². The largest absolute Gasteiger partial charge is 0.445 e. The van der Waals surface area contributed by atoms with Crippen LogP contribution in [0.5, 0.6) is 0 Å². The van der Waals surface area contributed by atoms with Gasteiger partial charge in [-0.05, 0) is 5.56 Å². The number of cyclic esters (lactones) is 1. The van der Waals surface area contributed by atoms with Crippen molar-refractivity contribution in [3.63, 3.8) is 0 Å². The van der Waals surface area contributed by atoms with Crippen molar-refractivity contribution in [3.8, 4) is 0 Å². The molecule has 1 amide bonds. The molecule has 0 saturated carbocycles. The molecule has 1 aliphatic heterocycles. The average Bonchev–Trinajstić information content (AvgIpc) is 2.83. The van der Waals surface area contributed by atoms with Crippen LogP contribution in [-0.4, -0.2) is 31.0 Å². The molecule has 1 heterocycles. The summed E-state index contributed by atoms with van der Waals surface area (Å²) in [5, 5.41) is 2.55. The van der Waals surface area contributed by atoms with Gasteiger partial charge < -0.3 is 19.5 Å². The highest BCUT2D eigenvalue weighted by atomic mass is 16.7. The summed E-state index contributed by atoms with van der Waals surface area (Å²) < 4.78 is 15.4. The SMILES string of the molecule is C=CCOC(=O)NC1CC(=O)OC1OCc1ccccc1. The number of amides is 1. The topological polar surface area (TPSA) is 73.9 Å². The minimum absolute atomic E-state index is 0.0582. The number of benzene rings is 1. The minimum atomic E-state index is -0.811. The Kier molecular flexibility index (Phi) is 5.34. The van der Waals surface area contributed by atoms with E-state index in [-0.39, 0.29) is 13.0 Å². The molecule has 0 radical (unpaired) electrons. The van der Waals surface area contributed by atoms with E-state index in [9.17, 15) is 9.59 Å². The van der Waals surface area contributed by atoms with E-state index in [1.165, 1.54) is 6.08 Å². The summed E-state index contributed by atoms with van der Waals surface area (Å²) in [6.45, 7) is 3.84. The van der Waals surface area contributed by atoms with Gasteiger partial charge in [0.2, 0.25) is 6.29 Å². The third-order valence-electron chi connectivity index (χ3n) is 2.86. The van der Waals surface area contributed by atoms with Crippen LogP contribution in [0.4, 0.5) is 4.79 Å². The van der Waals surface area contributed by atoms with E-state index in [0.717, 1.165) is 5.56 Å². The molecule has 1 aromatic carbocycles. The first-order valence-electron chi connectivity index (χ1n) is 6.58. The fourth-order valence-electron chi connectivity index (χ4n) is 1.89. The summed E-state index contributed by atoms with van der Waals surface area (Å²) in [6, 6.07) is 8.93. The van der Waals surface area contributed by atoms with Gasteiger partial charge in [-0.2, -0.15) is 0 Å². The quantitative estimate of drug-likeness (QED) is 0.638. The fraction of sp³-hybridized carbons (Fsp3) is 0.333. The van der Waals surface area contributed by atoms with Crippen LogP contribution in [0.15, 0.2) is 43.0 Å². The van der Waals surface area contributed by atoms with Crippen LogP contribution >= 0.6 is 0 Å². The molecular weight excluding hydrogens is 274 g/mol. The van der Waals surface area contributed by atoms with E-state index >= 15 is 0 Å². The van der Waals surface area contributed by atoms with E-state index in [4.69, 9.17) is 14.2 Å². The summed E-state index contributed by atoms with van der Waals surface area (Å²) in [6.07, 6.45) is 0.0718. The van der Waals surface area contributed by atoms with Crippen molar-refractivity contribution >= 4 is 12.1 Å². The van der Waals surface area contributed by atoms with Gasteiger partial charge in [0, 0.05) is 0 Å². The molecule has 21 heavy (non-hydrogen) atoms. The van der Waals surface area contributed by atoms with Gasteiger partial charge in [-0.3, -0.25) is 4.79 Å². The van der Waals surface area contributed by atoms with Crippen molar-refractivity contribution < 1.29 is 23.8 Å². The van der Waals surface area contributed by atoms with Crippen LogP contribution in [0.1, 0.15) is 12.0 Å². The number of nitrogens with one attached hydrogen (secondary N) is 1. The highest BCUT2D eigenvalue weighted by Gasteiger charge is 2.37. The number of ether oxygens (including phenoxy) is 3. The van der Waals surface area contributed by atoms with Crippen molar-refractivity contribution in [2.45, 2.75) is 25.4 Å². The van der Waals surface area contributed by atoms with Crippen molar-refractivity contribution in [3.05, 3.63) is 48.6 Å². The lowest BCUT2D eigenvalue weighted by molar-refractivity contribution is -0.167. The maximum absolute atomic E-state index is 11.5. The zero-order valence-corrected chi connectivity index (χ0v) is 11.5. The Balaban J connectivity index is 1.86. The van der Waals surface area contributed by atoms with E-state index < -0.39 is 24.4 Å². The zero-order chi connectivity index (χ0) is 15.1. The molecule has 6 heteroatoms. The highest BCUT2D eigenvalue weighted by Crippen LogP contribution is 2.18. The van der Waals surface area contributed by atoms with Crippen molar-refractivity contribution in [2.24, 2.45) is 0 Å². The van der Waals surface area contributed by atoms with Gasteiger partial charge in [0.05, 0.1) is 13.0 Å². The second-order valence-electron chi connectivity index (χ2n) is 4.50. The van der Waals surface area contributed by atoms with Gasteiger partial charge in [0.25, 0.3) is 0 Å². The summed E-state index contributed by atoms with van der Waals surface area (Å²) in [4.78, 5) is 22.8. The van der Waals surface area contributed by atoms with Crippen LogP contribution in [0.25, 0.3) is 0 Å². The predicted molar refractivity (Wildman–Crippen MR) is 74.2 cm³/mol. The molecule has 2 atom stereocenters. The Morgan fingerprint density at radius 3 is 2.90 bits per heavy atom. The number of rotatable bonds is 6. The molecule has 1 aliphatic rings. The van der Waals surface area contributed by atoms with Crippen molar-refractivity contribution in [2.75, 3.05) is 6.61 Å². The minimum Gasteiger partial charge on any atom is -0.445 e.